The van der Waals surface area contributed by atoms with Gasteiger partial charge in [0.1, 0.15) is 0 Å². The second kappa shape index (κ2) is 4.23. The van der Waals surface area contributed by atoms with Crippen molar-refractivity contribution in [3.63, 3.8) is 0 Å². The maximum atomic E-state index is 6.25. The molecule has 1 aromatic carbocycles. The fraction of sp³-hybridized carbons (Fsp3) is 0.600. The third-order valence-electron chi connectivity index (χ3n) is 3.47. The van der Waals surface area contributed by atoms with E-state index >= 15 is 0 Å². The van der Waals surface area contributed by atoms with Gasteiger partial charge in [0.05, 0.1) is 15.7 Å². The Balaban J connectivity index is 3.12. The lowest BCUT2D eigenvalue weighted by Gasteiger charge is -2.41. The molecule has 4 radical (unpaired) electrons. The predicted octanol–water partition coefficient (Wildman–Crippen LogP) is 3.52. The van der Waals surface area contributed by atoms with Crippen LogP contribution in [0.25, 0.3) is 0 Å². The second-order valence-electron chi connectivity index (χ2n) is 6.95. The van der Waals surface area contributed by atoms with Gasteiger partial charge in [-0.15, -0.1) is 0 Å². The van der Waals surface area contributed by atoms with E-state index in [-0.39, 0.29) is 10.8 Å². The summed E-state index contributed by atoms with van der Waals surface area (Å²) in [4.78, 5) is 0. The van der Waals surface area contributed by atoms with Crippen LogP contribution in [0.4, 0.5) is 0 Å². The predicted molar refractivity (Wildman–Crippen MR) is 77.8 cm³/mol. The number of rotatable bonds is 1. The Bertz CT molecular complexity index is 375. The maximum absolute atomic E-state index is 6.25. The summed E-state index contributed by atoms with van der Waals surface area (Å²) < 4.78 is 0. The van der Waals surface area contributed by atoms with Crippen LogP contribution in [0.3, 0.4) is 0 Å². The third kappa shape index (κ3) is 2.97. The number of hydrogen-bond donors (Lipinski definition) is 0. The molecule has 0 aliphatic rings. The monoisotopic (exact) mass is 224 g/mol. The van der Waals surface area contributed by atoms with Crippen molar-refractivity contribution in [3.8, 4) is 0 Å². The molecule has 0 unspecified atom stereocenters. The van der Waals surface area contributed by atoms with Crippen molar-refractivity contribution in [2.24, 2.45) is 5.41 Å². The van der Waals surface area contributed by atoms with E-state index in [9.17, 15) is 0 Å². The lowest BCUT2D eigenvalue weighted by atomic mass is 9.41. The van der Waals surface area contributed by atoms with Crippen molar-refractivity contribution in [2.45, 2.75) is 52.2 Å². The first kappa shape index (κ1) is 14.4. The molecule has 0 saturated carbocycles. The number of hydrogen-bond acceptors (Lipinski definition) is 0. The van der Waals surface area contributed by atoms with Crippen LogP contribution in [0.5, 0.6) is 0 Å². The van der Waals surface area contributed by atoms with E-state index in [1.807, 2.05) is 12.1 Å². The van der Waals surface area contributed by atoms with E-state index in [0.29, 0.717) is 0 Å². The Kier molecular flexibility index (Phi) is 3.58. The average molecular weight is 224 g/mol. The van der Waals surface area contributed by atoms with Gasteiger partial charge in [-0.2, -0.15) is 0 Å². The van der Waals surface area contributed by atoms with Crippen LogP contribution in [0.15, 0.2) is 24.3 Å². The Morgan fingerprint density at radius 1 is 0.706 bits per heavy atom. The number of benzene rings is 1. The molecule has 0 atom stereocenters. The van der Waals surface area contributed by atoms with Gasteiger partial charge in [0.25, 0.3) is 0 Å². The SMILES string of the molecule is [B]C([B])(c1ccc(C(C)(C)C)cc1)C(C)(C)C. The highest BCUT2D eigenvalue weighted by molar-refractivity contribution is 6.40. The minimum atomic E-state index is -0.802. The summed E-state index contributed by atoms with van der Waals surface area (Å²) in [6.45, 7) is 12.8. The van der Waals surface area contributed by atoms with Crippen LogP contribution >= 0.6 is 0 Å². The zero-order chi connectivity index (χ0) is 13.5. The molecule has 0 spiro atoms. The van der Waals surface area contributed by atoms with Gasteiger partial charge < -0.3 is 0 Å². The Hall–Kier alpha value is -0.650. The summed E-state index contributed by atoms with van der Waals surface area (Å²) in [5.74, 6) is 0. The van der Waals surface area contributed by atoms with E-state index < -0.39 is 5.21 Å². The van der Waals surface area contributed by atoms with E-state index in [0.717, 1.165) is 5.56 Å². The van der Waals surface area contributed by atoms with E-state index in [4.69, 9.17) is 15.7 Å². The van der Waals surface area contributed by atoms with Crippen LogP contribution in [0.2, 0.25) is 0 Å². The topological polar surface area (TPSA) is 0 Å². The molecule has 0 aromatic heterocycles. The Labute approximate surface area is 109 Å². The molecule has 0 fully saturated rings. The van der Waals surface area contributed by atoms with Crippen LogP contribution in [0.1, 0.15) is 52.7 Å². The van der Waals surface area contributed by atoms with E-state index in [1.165, 1.54) is 5.56 Å². The van der Waals surface area contributed by atoms with Crippen molar-refractivity contribution in [3.05, 3.63) is 35.4 Å². The molecule has 88 valence electrons. The van der Waals surface area contributed by atoms with Crippen molar-refractivity contribution in [1.82, 2.24) is 0 Å². The molecule has 0 saturated heterocycles. The van der Waals surface area contributed by atoms with Crippen LogP contribution in [-0.4, -0.2) is 15.7 Å². The summed E-state index contributed by atoms with van der Waals surface area (Å²) in [6.07, 6.45) is 0. The zero-order valence-electron chi connectivity index (χ0n) is 12.0. The summed E-state index contributed by atoms with van der Waals surface area (Å²) in [7, 11) is 12.5. The zero-order valence-corrected chi connectivity index (χ0v) is 12.0. The molecule has 0 N–H and O–H groups in total. The quantitative estimate of drug-likeness (QED) is 0.640. The molecule has 2 heteroatoms. The maximum Gasteiger partial charge on any atom is 0.0689 e. The Morgan fingerprint density at radius 2 is 1.06 bits per heavy atom. The van der Waals surface area contributed by atoms with Crippen LogP contribution < -0.4 is 0 Å². The van der Waals surface area contributed by atoms with Crippen molar-refractivity contribution < 1.29 is 0 Å². The molecule has 0 heterocycles. The van der Waals surface area contributed by atoms with E-state index in [1.54, 1.807) is 0 Å². The highest BCUT2D eigenvalue weighted by Crippen LogP contribution is 2.36. The molecule has 17 heavy (non-hydrogen) atoms. The minimum absolute atomic E-state index is 0.159. The third-order valence-corrected chi connectivity index (χ3v) is 3.47. The molecule has 0 bridgehead atoms. The molecule has 0 aliphatic heterocycles. The summed E-state index contributed by atoms with van der Waals surface area (Å²) in [5.41, 5.74) is 2.27. The smallest absolute Gasteiger partial charge is 0.0689 e. The molecule has 0 amide bonds. The van der Waals surface area contributed by atoms with Gasteiger partial charge in [0.15, 0.2) is 0 Å². The summed E-state index contributed by atoms with van der Waals surface area (Å²) in [6, 6.07) is 8.34. The normalized spacial score (nSPS) is 13.8. The molecule has 1 rings (SSSR count). The minimum Gasteiger partial charge on any atom is -0.0709 e. The van der Waals surface area contributed by atoms with E-state index in [2.05, 4.69) is 53.7 Å². The first-order valence-corrected chi connectivity index (χ1v) is 6.15. The highest BCUT2D eigenvalue weighted by Gasteiger charge is 2.33. The van der Waals surface area contributed by atoms with Gasteiger partial charge in [-0.1, -0.05) is 76.6 Å². The lowest BCUT2D eigenvalue weighted by Crippen LogP contribution is -2.41. The van der Waals surface area contributed by atoms with Crippen molar-refractivity contribution in [2.75, 3.05) is 0 Å². The first-order valence-electron chi connectivity index (χ1n) is 6.15. The first-order chi connectivity index (χ1) is 7.46. The van der Waals surface area contributed by atoms with Crippen LogP contribution in [-0.2, 0) is 10.6 Å². The van der Waals surface area contributed by atoms with Gasteiger partial charge in [-0.25, -0.2) is 0 Å². The fourth-order valence-corrected chi connectivity index (χ4v) is 1.68. The van der Waals surface area contributed by atoms with Gasteiger partial charge in [0, 0.05) is 0 Å². The summed E-state index contributed by atoms with van der Waals surface area (Å²) >= 11 is 0. The highest BCUT2D eigenvalue weighted by atomic mass is 14.3. The molecular formula is C15H22B2. The molecule has 0 aliphatic carbocycles. The van der Waals surface area contributed by atoms with Gasteiger partial charge in [-0.3, -0.25) is 0 Å². The van der Waals surface area contributed by atoms with Gasteiger partial charge >= 0.3 is 0 Å². The Morgan fingerprint density at radius 3 is 1.35 bits per heavy atom. The van der Waals surface area contributed by atoms with Crippen molar-refractivity contribution in [1.29, 1.82) is 0 Å². The lowest BCUT2D eigenvalue weighted by molar-refractivity contribution is 0.358. The molecular weight excluding hydrogens is 202 g/mol. The fourth-order valence-electron chi connectivity index (χ4n) is 1.68. The molecule has 0 nitrogen and oxygen atoms in total. The average Bonchev–Trinajstić information content (AvgIpc) is 2.15. The largest absolute Gasteiger partial charge is 0.0709 e. The van der Waals surface area contributed by atoms with Gasteiger partial charge in [-0.05, 0) is 16.4 Å². The molecule has 1 aromatic rings. The van der Waals surface area contributed by atoms with Gasteiger partial charge in [0.2, 0.25) is 0 Å². The van der Waals surface area contributed by atoms with Crippen LogP contribution in [0, 0.1) is 5.41 Å². The summed E-state index contributed by atoms with van der Waals surface area (Å²) in [5, 5.41) is -0.802. The standard InChI is InChI=1S/C15H22B2/c1-13(2,3)11-7-9-12(10-8-11)15(16,17)14(4,5)6/h7-10H,1-6H3. The van der Waals surface area contributed by atoms with Crippen molar-refractivity contribution >= 4 is 15.7 Å². The second-order valence-corrected chi connectivity index (χ2v) is 6.95.